The van der Waals surface area contributed by atoms with Gasteiger partial charge in [0.1, 0.15) is 0 Å². The summed E-state index contributed by atoms with van der Waals surface area (Å²) in [7, 11) is 0. The van der Waals surface area contributed by atoms with Gasteiger partial charge in [-0.25, -0.2) is 0 Å². The number of aliphatic hydroxyl groups is 1. The van der Waals surface area contributed by atoms with E-state index in [1.165, 1.54) is 0 Å². The van der Waals surface area contributed by atoms with Crippen molar-refractivity contribution in [3.8, 4) is 0 Å². The molecule has 0 radical (unpaired) electrons. The Morgan fingerprint density at radius 1 is 1.15 bits per heavy atom. The van der Waals surface area contributed by atoms with E-state index >= 15 is 0 Å². The van der Waals surface area contributed by atoms with E-state index in [0.29, 0.717) is 22.2 Å². The zero-order valence-electron chi connectivity index (χ0n) is 11.2. The molecule has 3 N–H and O–H groups in total. The van der Waals surface area contributed by atoms with E-state index in [-0.39, 0.29) is 5.92 Å². The van der Waals surface area contributed by atoms with Crippen LogP contribution in [-0.4, -0.2) is 11.7 Å². The fraction of sp³-hybridized carbons (Fsp3) is 0.250. The lowest BCUT2D eigenvalue weighted by molar-refractivity contribution is 0.147. The summed E-state index contributed by atoms with van der Waals surface area (Å²) in [5.41, 5.74) is 8.58. The van der Waals surface area contributed by atoms with E-state index < -0.39 is 6.10 Å². The summed E-state index contributed by atoms with van der Waals surface area (Å²) < 4.78 is 0. The molecule has 0 heterocycles. The molecular formula is C16H17Cl2NO. The highest BCUT2D eigenvalue weighted by molar-refractivity contribution is 6.42. The molecule has 2 unspecified atom stereocenters. The van der Waals surface area contributed by atoms with E-state index in [9.17, 15) is 5.11 Å². The number of rotatable bonds is 4. The summed E-state index contributed by atoms with van der Waals surface area (Å²) in [5, 5.41) is 11.4. The van der Waals surface area contributed by atoms with Crippen LogP contribution >= 0.6 is 23.2 Å². The van der Waals surface area contributed by atoms with Crippen molar-refractivity contribution in [3.05, 3.63) is 69.2 Å². The van der Waals surface area contributed by atoms with E-state index in [4.69, 9.17) is 28.9 Å². The number of aryl methyl sites for hydroxylation is 1. The Labute approximate surface area is 129 Å². The Bertz CT molecular complexity index is 601. The summed E-state index contributed by atoms with van der Waals surface area (Å²) in [6, 6.07) is 13.2. The van der Waals surface area contributed by atoms with Crippen molar-refractivity contribution in [3.63, 3.8) is 0 Å². The monoisotopic (exact) mass is 309 g/mol. The molecule has 0 saturated heterocycles. The normalized spacial score (nSPS) is 14.1. The van der Waals surface area contributed by atoms with Gasteiger partial charge in [0, 0.05) is 18.0 Å². The molecule has 106 valence electrons. The molecule has 0 aliphatic carbocycles. The van der Waals surface area contributed by atoms with Crippen molar-refractivity contribution >= 4 is 23.2 Å². The van der Waals surface area contributed by atoms with Gasteiger partial charge >= 0.3 is 0 Å². The summed E-state index contributed by atoms with van der Waals surface area (Å²) in [6.07, 6.45) is -0.784. The van der Waals surface area contributed by atoms with Crippen LogP contribution in [0, 0.1) is 6.92 Å². The molecule has 4 heteroatoms. The van der Waals surface area contributed by atoms with Gasteiger partial charge < -0.3 is 10.8 Å². The van der Waals surface area contributed by atoms with Crippen LogP contribution in [0.15, 0.2) is 42.5 Å². The smallest absolute Gasteiger partial charge is 0.0885 e. The number of benzene rings is 2. The molecule has 0 fully saturated rings. The van der Waals surface area contributed by atoms with Gasteiger partial charge in [-0.2, -0.15) is 0 Å². The highest BCUT2D eigenvalue weighted by Gasteiger charge is 2.24. The first-order valence-corrected chi connectivity index (χ1v) is 7.18. The fourth-order valence-corrected chi connectivity index (χ4v) is 2.73. The molecule has 2 rings (SSSR count). The number of hydrogen-bond donors (Lipinski definition) is 2. The number of aliphatic hydroxyl groups excluding tert-OH is 1. The minimum absolute atomic E-state index is 0.217. The van der Waals surface area contributed by atoms with Crippen molar-refractivity contribution < 1.29 is 5.11 Å². The van der Waals surface area contributed by atoms with Gasteiger partial charge in [0.2, 0.25) is 0 Å². The number of hydrogen-bond acceptors (Lipinski definition) is 2. The van der Waals surface area contributed by atoms with Crippen LogP contribution in [0.1, 0.15) is 28.7 Å². The molecule has 0 aliphatic rings. The van der Waals surface area contributed by atoms with E-state index in [1.807, 2.05) is 31.2 Å². The van der Waals surface area contributed by atoms with Gasteiger partial charge in [0.05, 0.1) is 16.1 Å². The van der Waals surface area contributed by atoms with Crippen LogP contribution in [0.2, 0.25) is 10.0 Å². The molecule has 2 aromatic carbocycles. The molecule has 0 aromatic heterocycles. The molecule has 0 aliphatic heterocycles. The number of nitrogens with two attached hydrogens (primary N) is 1. The maximum atomic E-state index is 10.6. The minimum atomic E-state index is -0.784. The zero-order chi connectivity index (χ0) is 14.7. The Kier molecular flexibility index (Phi) is 5.06. The maximum Gasteiger partial charge on any atom is 0.0885 e. The van der Waals surface area contributed by atoms with Gasteiger partial charge in [-0.3, -0.25) is 0 Å². The van der Waals surface area contributed by atoms with E-state index in [2.05, 4.69) is 0 Å². The van der Waals surface area contributed by atoms with Gasteiger partial charge in [0.15, 0.2) is 0 Å². The third-order valence-electron chi connectivity index (χ3n) is 3.41. The molecule has 2 aromatic rings. The van der Waals surface area contributed by atoms with Gasteiger partial charge in [0.25, 0.3) is 0 Å². The Morgan fingerprint density at radius 3 is 2.50 bits per heavy atom. The highest BCUT2D eigenvalue weighted by Crippen LogP contribution is 2.37. The first kappa shape index (κ1) is 15.3. The lowest BCUT2D eigenvalue weighted by Gasteiger charge is -2.23. The lowest BCUT2D eigenvalue weighted by atomic mass is 9.88. The van der Waals surface area contributed by atoms with Crippen molar-refractivity contribution in [2.75, 3.05) is 6.54 Å². The van der Waals surface area contributed by atoms with Crippen molar-refractivity contribution in [2.45, 2.75) is 18.9 Å². The quantitative estimate of drug-likeness (QED) is 0.894. The third kappa shape index (κ3) is 3.15. The third-order valence-corrected chi connectivity index (χ3v) is 4.24. The van der Waals surface area contributed by atoms with Crippen LogP contribution in [-0.2, 0) is 0 Å². The molecule has 2 nitrogen and oxygen atoms in total. The van der Waals surface area contributed by atoms with E-state index in [1.54, 1.807) is 18.2 Å². The van der Waals surface area contributed by atoms with Gasteiger partial charge in [-0.1, -0.05) is 65.2 Å². The average molecular weight is 310 g/mol. The largest absolute Gasteiger partial charge is 0.388 e. The van der Waals surface area contributed by atoms with Crippen LogP contribution in [0.5, 0.6) is 0 Å². The molecule has 0 amide bonds. The average Bonchev–Trinajstić information content (AvgIpc) is 2.42. The minimum Gasteiger partial charge on any atom is -0.388 e. The summed E-state index contributed by atoms with van der Waals surface area (Å²) in [6.45, 7) is 2.34. The Hall–Kier alpha value is -1.06. The van der Waals surface area contributed by atoms with Crippen molar-refractivity contribution in [1.29, 1.82) is 0 Å². The summed E-state index contributed by atoms with van der Waals surface area (Å²) in [5.74, 6) is -0.217. The lowest BCUT2D eigenvalue weighted by Crippen LogP contribution is -2.20. The van der Waals surface area contributed by atoms with Crippen molar-refractivity contribution in [2.24, 2.45) is 5.73 Å². The SMILES string of the molecule is Cc1cccc(C(CN)C(O)c2cccc(Cl)c2Cl)c1. The second kappa shape index (κ2) is 6.59. The van der Waals surface area contributed by atoms with Crippen molar-refractivity contribution in [1.82, 2.24) is 0 Å². The standard InChI is InChI=1S/C16H17Cl2NO/c1-10-4-2-5-11(8-10)13(9-19)16(20)12-6-3-7-14(17)15(12)18/h2-8,13,16,20H,9,19H2,1H3. The van der Waals surface area contributed by atoms with Crippen LogP contribution in [0.3, 0.4) is 0 Å². The van der Waals surface area contributed by atoms with Gasteiger partial charge in [-0.15, -0.1) is 0 Å². The second-order valence-corrected chi connectivity index (χ2v) is 5.63. The summed E-state index contributed by atoms with van der Waals surface area (Å²) in [4.78, 5) is 0. The second-order valence-electron chi connectivity index (χ2n) is 4.84. The molecule has 0 bridgehead atoms. The highest BCUT2D eigenvalue weighted by atomic mass is 35.5. The molecular weight excluding hydrogens is 293 g/mol. The van der Waals surface area contributed by atoms with E-state index in [0.717, 1.165) is 11.1 Å². The first-order chi connectivity index (χ1) is 9.54. The fourth-order valence-electron chi connectivity index (χ4n) is 2.31. The molecule has 0 spiro atoms. The molecule has 0 saturated carbocycles. The maximum absolute atomic E-state index is 10.6. The molecule has 2 atom stereocenters. The topological polar surface area (TPSA) is 46.2 Å². The predicted octanol–water partition coefficient (Wildman–Crippen LogP) is 4.08. The molecule has 20 heavy (non-hydrogen) atoms. The van der Waals surface area contributed by atoms with Crippen LogP contribution < -0.4 is 5.73 Å². The van der Waals surface area contributed by atoms with Crippen LogP contribution in [0.25, 0.3) is 0 Å². The Morgan fingerprint density at radius 2 is 1.85 bits per heavy atom. The zero-order valence-corrected chi connectivity index (χ0v) is 12.7. The Balaban J connectivity index is 2.39. The van der Waals surface area contributed by atoms with Crippen LogP contribution in [0.4, 0.5) is 0 Å². The predicted molar refractivity (Wildman–Crippen MR) is 84.4 cm³/mol. The van der Waals surface area contributed by atoms with Gasteiger partial charge in [-0.05, 0) is 18.6 Å². The summed E-state index contributed by atoms with van der Waals surface area (Å²) >= 11 is 12.2. The number of halogens is 2. The first-order valence-electron chi connectivity index (χ1n) is 6.43.